The molecule has 1 aromatic heterocycles. The van der Waals surface area contributed by atoms with Gasteiger partial charge in [-0.3, -0.25) is 4.79 Å². The molecular weight excluding hydrogens is 240 g/mol. The molecule has 4 heteroatoms. The van der Waals surface area contributed by atoms with Crippen molar-refractivity contribution in [3.8, 4) is 0 Å². The van der Waals surface area contributed by atoms with E-state index in [-0.39, 0.29) is 5.56 Å². The molecule has 1 heterocycles. The van der Waals surface area contributed by atoms with E-state index in [0.717, 1.165) is 23.9 Å². The molecule has 0 radical (unpaired) electrons. The van der Waals surface area contributed by atoms with E-state index in [0.29, 0.717) is 12.5 Å². The number of fused-ring (bicyclic) bond motifs is 1. The highest BCUT2D eigenvalue weighted by Crippen LogP contribution is 2.28. The first-order valence-electron chi connectivity index (χ1n) is 6.88. The summed E-state index contributed by atoms with van der Waals surface area (Å²) in [5.41, 5.74) is 1.45. The second-order valence-electron chi connectivity index (χ2n) is 5.31. The summed E-state index contributed by atoms with van der Waals surface area (Å²) in [4.78, 5) is 16.1. The number of rotatable bonds is 3. The van der Waals surface area contributed by atoms with Crippen molar-refractivity contribution in [2.75, 3.05) is 0 Å². The van der Waals surface area contributed by atoms with E-state index in [2.05, 4.69) is 4.98 Å². The zero-order chi connectivity index (χ0) is 13.2. The average molecular weight is 258 g/mol. The third-order valence-electron chi connectivity index (χ3n) is 4.07. The Hall–Kier alpha value is -1.68. The lowest BCUT2D eigenvalue weighted by atomic mass is 10.0. The second-order valence-corrected chi connectivity index (χ2v) is 5.31. The van der Waals surface area contributed by atoms with Crippen molar-refractivity contribution in [2.45, 2.75) is 38.3 Å². The van der Waals surface area contributed by atoms with Crippen LogP contribution in [0.3, 0.4) is 0 Å². The van der Waals surface area contributed by atoms with E-state index in [9.17, 15) is 9.90 Å². The monoisotopic (exact) mass is 258 g/mol. The van der Waals surface area contributed by atoms with Crippen LogP contribution in [0.2, 0.25) is 0 Å². The van der Waals surface area contributed by atoms with Gasteiger partial charge in [0.05, 0.1) is 29.9 Å². The summed E-state index contributed by atoms with van der Waals surface area (Å²) in [7, 11) is 0. The summed E-state index contributed by atoms with van der Waals surface area (Å²) in [6.07, 6.45) is 5.41. The van der Waals surface area contributed by atoms with E-state index < -0.39 is 6.10 Å². The van der Waals surface area contributed by atoms with Crippen LogP contribution in [0.5, 0.6) is 0 Å². The average Bonchev–Trinajstić information content (AvgIpc) is 2.96. The Labute approximate surface area is 111 Å². The maximum atomic E-state index is 12.0. The fourth-order valence-corrected chi connectivity index (χ4v) is 2.98. The molecule has 4 nitrogen and oxygen atoms in total. The van der Waals surface area contributed by atoms with Gasteiger partial charge in [0.25, 0.3) is 5.56 Å². The molecule has 0 saturated heterocycles. The van der Waals surface area contributed by atoms with Gasteiger partial charge in [-0.25, -0.2) is 4.98 Å². The fourth-order valence-electron chi connectivity index (χ4n) is 2.98. The van der Waals surface area contributed by atoms with Crippen LogP contribution in [0.15, 0.2) is 35.3 Å². The lowest BCUT2D eigenvalue weighted by molar-refractivity contribution is 0.0933. The van der Waals surface area contributed by atoms with Gasteiger partial charge in [-0.05, 0) is 30.9 Å². The normalized spacial score (nSPS) is 17.9. The first kappa shape index (κ1) is 12.4. The maximum Gasteiger partial charge on any atom is 0.269 e. The van der Waals surface area contributed by atoms with Crippen molar-refractivity contribution < 1.29 is 5.11 Å². The van der Waals surface area contributed by atoms with Crippen LogP contribution in [0.1, 0.15) is 25.7 Å². The van der Waals surface area contributed by atoms with Gasteiger partial charge in [0.15, 0.2) is 0 Å². The highest BCUT2D eigenvalue weighted by molar-refractivity contribution is 5.74. The highest BCUT2D eigenvalue weighted by atomic mass is 16.3. The van der Waals surface area contributed by atoms with Crippen LogP contribution < -0.4 is 5.56 Å². The van der Waals surface area contributed by atoms with Crippen LogP contribution in [0.25, 0.3) is 11.0 Å². The summed E-state index contributed by atoms with van der Waals surface area (Å²) in [5, 5.41) is 10.3. The van der Waals surface area contributed by atoms with Crippen LogP contribution in [-0.4, -0.2) is 20.8 Å². The number of aliphatic hydroxyl groups excluding tert-OH is 1. The number of aliphatic hydroxyl groups is 1. The molecule has 0 spiro atoms. The summed E-state index contributed by atoms with van der Waals surface area (Å²) < 4.78 is 1.64. The standard InChI is InChI=1S/C15H18N2O2/c18-14(11-5-1-2-6-11)10-17-13-8-4-3-7-12(13)16-9-15(17)19/h3-4,7-9,11,14,18H,1-2,5-6,10H2. The van der Waals surface area contributed by atoms with Gasteiger partial charge in [0.2, 0.25) is 0 Å². The number of para-hydroxylation sites is 2. The van der Waals surface area contributed by atoms with Crippen LogP contribution in [0, 0.1) is 5.92 Å². The zero-order valence-electron chi connectivity index (χ0n) is 10.8. The molecule has 2 aromatic rings. The van der Waals surface area contributed by atoms with Crippen molar-refractivity contribution in [1.82, 2.24) is 9.55 Å². The molecule has 1 unspecified atom stereocenters. The van der Waals surface area contributed by atoms with Gasteiger partial charge >= 0.3 is 0 Å². The Bertz CT molecular complexity index is 629. The van der Waals surface area contributed by atoms with Crippen LogP contribution in [-0.2, 0) is 6.54 Å². The van der Waals surface area contributed by atoms with Crippen molar-refractivity contribution in [3.63, 3.8) is 0 Å². The highest BCUT2D eigenvalue weighted by Gasteiger charge is 2.24. The summed E-state index contributed by atoms with van der Waals surface area (Å²) in [5.74, 6) is 0.332. The molecule has 1 saturated carbocycles. The first-order chi connectivity index (χ1) is 9.25. The van der Waals surface area contributed by atoms with Gasteiger partial charge in [0.1, 0.15) is 0 Å². The quantitative estimate of drug-likeness (QED) is 0.915. The molecule has 0 bridgehead atoms. The van der Waals surface area contributed by atoms with E-state index >= 15 is 0 Å². The minimum absolute atomic E-state index is 0.143. The third-order valence-corrected chi connectivity index (χ3v) is 4.07. The molecule has 0 aliphatic heterocycles. The van der Waals surface area contributed by atoms with Gasteiger partial charge < -0.3 is 9.67 Å². The van der Waals surface area contributed by atoms with Crippen molar-refractivity contribution in [1.29, 1.82) is 0 Å². The van der Waals surface area contributed by atoms with Gasteiger partial charge in [-0.15, -0.1) is 0 Å². The molecule has 1 aliphatic rings. The molecule has 3 rings (SSSR count). The fraction of sp³-hybridized carbons (Fsp3) is 0.467. The van der Waals surface area contributed by atoms with Crippen molar-refractivity contribution >= 4 is 11.0 Å². The van der Waals surface area contributed by atoms with E-state index in [1.54, 1.807) is 4.57 Å². The summed E-state index contributed by atoms with van der Waals surface area (Å²) >= 11 is 0. The number of hydrogen-bond acceptors (Lipinski definition) is 3. The molecule has 100 valence electrons. The van der Waals surface area contributed by atoms with E-state index in [1.165, 1.54) is 19.0 Å². The molecule has 1 aromatic carbocycles. The van der Waals surface area contributed by atoms with Crippen LogP contribution in [0.4, 0.5) is 0 Å². The molecule has 19 heavy (non-hydrogen) atoms. The lowest BCUT2D eigenvalue weighted by Crippen LogP contribution is -2.30. The lowest BCUT2D eigenvalue weighted by Gasteiger charge is -2.19. The Morgan fingerprint density at radius 1 is 1.32 bits per heavy atom. The molecule has 0 amide bonds. The molecular formula is C15H18N2O2. The predicted octanol–water partition coefficient (Wildman–Crippen LogP) is 1.95. The van der Waals surface area contributed by atoms with Gasteiger partial charge in [0, 0.05) is 0 Å². The van der Waals surface area contributed by atoms with Crippen molar-refractivity contribution in [3.05, 3.63) is 40.8 Å². The second kappa shape index (κ2) is 5.13. The smallest absolute Gasteiger partial charge is 0.269 e. The Morgan fingerprint density at radius 3 is 2.84 bits per heavy atom. The Kier molecular flexibility index (Phi) is 3.34. The Morgan fingerprint density at radius 2 is 2.05 bits per heavy atom. The van der Waals surface area contributed by atoms with Gasteiger partial charge in [-0.2, -0.15) is 0 Å². The molecule has 1 aliphatic carbocycles. The topological polar surface area (TPSA) is 55.1 Å². The molecule has 1 fully saturated rings. The van der Waals surface area contributed by atoms with Crippen LogP contribution >= 0.6 is 0 Å². The number of hydrogen-bond donors (Lipinski definition) is 1. The Balaban J connectivity index is 1.95. The first-order valence-corrected chi connectivity index (χ1v) is 6.88. The SMILES string of the molecule is O=c1cnc2ccccc2n1CC(O)C1CCCC1. The minimum atomic E-state index is -0.439. The number of nitrogens with zero attached hydrogens (tertiary/aromatic N) is 2. The number of aromatic nitrogens is 2. The predicted molar refractivity (Wildman–Crippen MR) is 74.0 cm³/mol. The largest absolute Gasteiger partial charge is 0.391 e. The maximum absolute atomic E-state index is 12.0. The third kappa shape index (κ3) is 2.40. The summed E-state index contributed by atoms with van der Waals surface area (Å²) in [6, 6.07) is 7.55. The molecule has 1 N–H and O–H groups in total. The summed E-state index contributed by atoms with van der Waals surface area (Å²) in [6.45, 7) is 0.368. The van der Waals surface area contributed by atoms with E-state index in [4.69, 9.17) is 0 Å². The van der Waals surface area contributed by atoms with Crippen molar-refractivity contribution in [2.24, 2.45) is 5.92 Å². The number of benzene rings is 1. The minimum Gasteiger partial charge on any atom is -0.391 e. The van der Waals surface area contributed by atoms with Gasteiger partial charge in [-0.1, -0.05) is 25.0 Å². The van der Waals surface area contributed by atoms with E-state index in [1.807, 2.05) is 24.3 Å². The zero-order valence-corrected chi connectivity index (χ0v) is 10.8. The molecule has 1 atom stereocenters.